The molecule has 1 amide bonds. The van der Waals surface area contributed by atoms with Gasteiger partial charge < -0.3 is 20.6 Å². The van der Waals surface area contributed by atoms with Gasteiger partial charge in [0.25, 0.3) is 0 Å². The van der Waals surface area contributed by atoms with E-state index in [9.17, 15) is 20.1 Å². The van der Waals surface area contributed by atoms with Gasteiger partial charge in [-0.2, -0.15) is 0 Å². The molecule has 0 aromatic carbocycles. The zero-order valence-electron chi connectivity index (χ0n) is 26.7. The molecule has 0 heterocycles. The van der Waals surface area contributed by atoms with Crippen LogP contribution < -0.4 is 5.32 Å². The van der Waals surface area contributed by atoms with E-state index in [1.165, 1.54) is 108 Å². The summed E-state index contributed by atoms with van der Waals surface area (Å²) in [6.45, 7) is 6.32. The molecule has 0 aliphatic heterocycles. The summed E-state index contributed by atoms with van der Waals surface area (Å²) in [5, 5.41) is 32.9. The second-order valence-corrected chi connectivity index (χ2v) is 11.9. The van der Waals surface area contributed by atoms with Crippen LogP contribution in [0.2, 0.25) is 0 Å². The highest BCUT2D eigenvalue weighted by Crippen LogP contribution is 2.14. The van der Waals surface area contributed by atoms with Crippen molar-refractivity contribution in [2.75, 3.05) is 6.61 Å². The third kappa shape index (κ3) is 24.6. The summed E-state index contributed by atoms with van der Waals surface area (Å²) in [6.07, 6.45) is 31.2. The topological polar surface area (TPSA) is 89.8 Å². The van der Waals surface area contributed by atoms with Crippen LogP contribution in [0.25, 0.3) is 0 Å². The summed E-state index contributed by atoms with van der Waals surface area (Å²) >= 11 is 0. The molecule has 236 valence electrons. The van der Waals surface area contributed by atoms with Crippen LogP contribution in [0.5, 0.6) is 0 Å². The second kappa shape index (κ2) is 29.3. The molecule has 0 saturated heterocycles. The first kappa shape index (κ1) is 38.8. The molecule has 0 aromatic rings. The molecule has 0 radical (unpaired) electrons. The van der Waals surface area contributed by atoms with Crippen LogP contribution in [0.4, 0.5) is 0 Å². The van der Waals surface area contributed by atoms with Crippen LogP contribution in [-0.4, -0.2) is 46.1 Å². The molecule has 5 heteroatoms. The van der Waals surface area contributed by atoms with Crippen molar-refractivity contribution >= 4 is 5.91 Å². The Hall–Kier alpha value is -1.17. The van der Waals surface area contributed by atoms with Crippen molar-refractivity contribution in [2.24, 2.45) is 0 Å². The Morgan fingerprint density at radius 3 is 1.68 bits per heavy atom. The van der Waals surface area contributed by atoms with Gasteiger partial charge in [-0.15, -0.1) is 0 Å². The third-order valence-electron chi connectivity index (χ3n) is 7.90. The van der Waals surface area contributed by atoms with Gasteiger partial charge in [-0.1, -0.05) is 153 Å². The van der Waals surface area contributed by atoms with Gasteiger partial charge in [0.15, 0.2) is 0 Å². The van der Waals surface area contributed by atoms with Gasteiger partial charge in [0.2, 0.25) is 5.91 Å². The number of amides is 1. The summed E-state index contributed by atoms with van der Waals surface area (Å²) in [5.41, 5.74) is 1.42. The van der Waals surface area contributed by atoms with Crippen LogP contribution in [-0.2, 0) is 4.79 Å². The number of carbonyl (C=O) groups is 1. The summed E-state index contributed by atoms with van der Waals surface area (Å²) in [6, 6.07) is -0.810. The van der Waals surface area contributed by atoms with E-state index in [1.807, 2.05) is 6.08 Å². The predicted molar refractivity (Wildman–Crippen MR) is 171 cm³/mol. The Labute approximate surface area is 248 Å². The van der Waals surface area contributed by atoms with Crippen molar-refractivity contribution in [2.45, 2.75) is 187 Å². The first-order valence-corrected chi connectivity index (χ1v) is 17.1. The standard InChI is InChI=1S/C35H67NO4/c1-4-6-8-10-12-13-14-15-16-18-20-24-29-34(39)35(40)36-32(30-37)33(38)28-25-21-23-27-31(3)26-22-19-17-11-9-7-5-2/h25,27-28,32-34,37-39H,4-24,26,29-30H2,1-3H3,(H,36,40)/t32-,33+,34+/m0/s1. The van der Waals surface area contributed by atoms with Gasteiger partial charge in [-0.05, 0) is 39.0 Å². The number of aliphatic hydroxyl groups is 3. The van der Waals surface area contributed by atoms with Gasteiger partial charge in [-0.3, -0.25) is 4.79 Å². The van der Waals surface area contributed by atoms with Gasteiger partial charge in [-0.25, -0.2) is 0 Å². The molecule has 0 aromatic heterocycles. The Morgan fingerprint density at radius 2 is 1.18 bits per heavy atom. The largest absolute Gasteiger partial charge is 0.394 e. The number of aliphatic hydroxyl groups excluding tert-OH is 3. The number of carbonyl (C=O) groups excluding carboxylic acids is 1. The van der Waals surface area contributed by atoms with Gasteiger partial charge in [0.05, 0.1) is 18.8 Å². The Balaban J connectivity index is 3.95. The highest BCUT2D eigenvalue weighted by molar-refractivity contribution is 5.80. The van der Waals surface area contributed by atoms with Crippen LogP contribution >= 0.6 is 0 Å². The maximum Gasteiger partial charge on any atom is 0.249 e. The minimum absolute atomic E-state index is 0.375. The molecule has 0 saturated carbocycles. The van der Waals surface area contributed by atoms with Crippen LogP contribution in [0.15, 0.2) is 23.8 Å². The molecular formula is C35H67NO4. The summed E-state index contributed by atoms with van der Waals surface area (Å²) in [7, 11) is 0. The second-order valence-electron chi connectivity index (χ2n) is 11.9. The van der Waals surface area contributed by atoms with Crippen LogP contribution in [0.3, 0.4) is 0 Å². The van der Waals surface area contributed by atoms with E-state index in [0.717, 1.165) is 38.5 Å². The monoisotopic (exact) mass is 566 g/mol. The molecule has 0 aliphatic carbocycles. The van der Waals surface area contributed by atoms with Gasteiger partial charge >= 0.3 is 0 Å². The lowest BCUT2D eigenvalue weighted by molar-refractivity contribution is -0.131. The Bertz CT molecular complexity index is 619. The first-order valence-electron chi connectivity index (χ1n) is 17.1. The quantitative estimate of drug-likeness (QED) is 0.0539. The number of hydrogen-bond donors (Lipinski definition) is 4. The van der Waals surface area contributed by atoms with Crippen molar-refractivity contribution < 1.29 is 20.1 Å². The van der Waals surface area contributed by atoms with E-state index < -0.39 is 24.2 Å². The summed E-state index contributed by atoms with van der Waals surface area (Å²) < 4.78 is 0. The maximum atomic E-state index is 12.4. The molecule has 0 aliphatic rings. The number of rotatable bonds is 29. The molecule has 0 spiro atoms. The van der Waals surface area contributed by atoms with Crippen molar-refractivity contribution in [1.29, 1.82) is 0 Å². The minimum Gasteiger partial charge on any atom is -0.394 e. The highest BCUT2D eigenvalue weighted by Gasteiger charge is 2.22. The zero-order chi connectivity index (χ0) is 29.7. The fourth-order valence-electron chi connectivity index (χ4n) is 5.09. The summed E-state index contributed by atoms with van der Waals surface area (Å²) in [5.74, 6) is -0.515. The van der Waals surface area contributed by atoms with Crippen LogP contribution in [0, 0.1) is 0 Å². The third-order valence-corrected chi connectivity index (χ3v) is 7.90. The molecule has 4 N–H and O–H groups in total. The molecular weight excluding hydrogens is 498 g/mol. The van der Waals surface area contributed by atoms with Crippen molar-refractivity contribution in [3.05, 3.63) is 23.8 Å². The Morgan fingerprint density at radius 1 is 0.700 bits per heavy atom. The average molecular weight is 566 g/mol. The predicted octanol–water partition coefficient (Wildman–Crippen LogP) is 8.70. The van der Waals surface area contributed by atoms with Crippen molar-refractivity contribution in [1.82, 2.24) is 5.32 Å². The molecule has 0 unspecified atom stereocenters. The first-order chi connectivity index (χ1) is 19.5. The van der Waals surface area contributed by atoms with E-state index in [1.54, 1.807) is 6.08 Å². The van der Waals surface area contributed by atoms with E-state index in [4.69, 9.17) is 0 Å². The van der Waals surface area contributed by atoms with Crippen molar-refractivity contribution in [3.63, 3.8) is 0 Å². The number of nitrogens with one attached hydrogen (secondary N) is 1. The average Bonchev–Trinajstić information content (AvgIpc) is 2.95. The minimum atomic E-state index is -1.10. The molecule has 0 fully saturated rings. The lowest BCUT2D eigenvalue weighted by atomic mass is 10.0. The normalized spacial score (nSPS) is 14.5. The molecule has 0 bridgehead atoms. The lowest BCUT2D eigenvalue weighted by Gasteiger charge is -2.21. The number of allylic oxidation sites excluding steroid dienone is 3. The number of unbranched alkanes of at least 4 members (excludes halogenated alkanes) is 18. The number of hydrogen-bond acceptors (Lipinski definition) is 4. The summed E-state index contributed by atoms with van der Waals surface area (Å²) in [4.78, 5) is 12.4. The van der Waals surface area contributed by atoms with Crippen LogP contribution in [0.1, 0.15) is 168 Å². The smallest absolute Gasteiger partial charge is 0.249 e. The maximum absolute atomic E-state index is 12.4. The van der Waals surface area contributed by atoms with E-state index in [-0.39, 0.29) is 6.61 Å². The van der Waals surface area contributed by atoms with Crippen molar-refractivity contribution in [3.8, 4) is 0 Å². The van der Waals surface area contributed by atoms with E-state index in [0.29, 0.717) is 6.42 Å². The van der Waals surface area contributed by atoms with Gasteiger partial charge in [0.1, 0.15) is 6.10 Å². The zero-order valence-corrected chi connectivity index (χ0v) is 26.7. The molecule has 0 rings (SSSR count). The fourth-order valence-corrected chi connectivity index (χ4v) is 5.09. The molecule has 5 nitrogen and oxygen atoms in total. The van der Waals surface area contributed by atoms with E-state index in [2.05, 4.69) is 32.2 Å². The molecule has 40 heavy (non-hydrogen) atoms. The Kier molecular flexibility index (Phi) is 28.5. The van der Waals surface area contributed by atoms with Gasteiger partial charge in [0, 0.05) is 0 Å². The highest BCUT2D eigenvalue weighted by atomic mass is 16.3. The SMILES string of the molecule is CCCCCCCCCCCCCC[C@@H](O)C(=O)N[C@@H](CO)[C@H](O)C=CCCC=C(C)CCCCCCCCC. The lowest BCUT2D eigenvalue weighted by Crippen LogP contribution is -2.48. The van der Waals surface area contributed by atoms with E-state index >= 15 is 0 Å². The fraction of sp³-hybridized carbons (Fsp3) is 0.857. The molecule has 3 atom stereocenters.